The van der Waals surface area contributed by atoms with Gasteiger partial charge in [0.1, 0.15) is 11.4 Å². The molecule has 3 aromatic carbocycles. The van der Waals surface area contributed by atoms with Gasteiger partial charge in [-0.05, 0) is 60.7 Å². The Kier molecular flexibility index (Phi) is 5.10. The van der Waals surface area contributed by atoms with Crippen molar-refractivity contribution in [1.82, 2.24) is 4.57 Å². The molecular formula is C22H14ClFN2O3. The van der Waals surface area contributed by atoms with E-state index in [0.29, 0.717) is 27.2 Å². The van der Waals surface area contributed by atoms with Gasteiger partial charge in [0.25, 0.3) is 5.56 Å². The molecule has 4 aromatic rings. The number of hydrogen-bond acceptors (Lipinski definition) is 4. The molecule has 0 saturated carbocycles. The van der Waals surface area contributed by atoms with Gasteiger partial charge in [0.15, 0.2) is 5.78 Å². The van der Waals surface area contributed by atoms with Gasteiger partial charge in [-0.2, -0.15) is 4.99 Å². The number of Topliss-reactive ketones (excluding diaryl/α,β-unsaturated/α-hetero) is 1. The first kappa shape index (κ1) is 18.8. The Morgan fingerprint density at radius 3 is 2.41 bits per heavy atom. The topological polar surface area (TPSA) is 64.6 Å². The molecule has 4 rings (SSSR count). The van der Waals surface area contributed by atoms with E-state index in [2.05, 4.69) is 4.99 Å². The summed E-state index contributed by atoms with van der Waals surface area (Å²) in [4.78, 5) is 30.1. The lowest BCUT2D eigenvalue weighted by molar-refractivity contribution is 0.0966. The summed E-state index contributed by atoms with van der Waals surface area (Å²) in [5.41, 5.74) is 0.672. The molecule has 0 amide bonds. The lowest BCUT2D eigenvalue weighted by atomic mass is 10.1. The van der Waals surface area contributed by atoms with Crippen LogP contribution in [0.4, 0.5) is 10.1 Å². The lowest BCUT2D eigenvalue weighted by Crippen LogP contribution is -2.35. The molecular weight excluding hydrogens is 395 g/mol. The Bertz CT molecular complexity index is 1320. The van der Waals surface area contributed by atoms with Crippen LogP contribution in [0, 0.1) is 5.82 Å². The Morgan fingerprint density at radius 2 is 1.69 bits per heavy atom. The monoisotopic (exact) mass is 408 g/mol. The number of carbonyl (C=O) groups excluding carboxylic acids is 1. The molecule has 0 unspecified atom stereocenters. The molecule has 0 atom stereocenters. The van der Waals surface area contributed by atoms with Crippen molar-refractivity contribution in [3.63, 3.8) is 0 Å². The van der Waals surface area contributed by atoms with Crippen molar-refractivity contribution in [2.45, 2.75) is 6.54 Å². The molecule has 0 saturated heterocycles. The number of aromatic nitrogens is 1. The molecule has 0 aliphatic carbocycles. The molecule has 144 valence electrons. The first-order chi connectivity index (χ1) is 14.0. The Balaban J connectivity index is 1.87. The third-order valence-corrected chi connectivity index (χ3v) is 4.57. The number of carbonyl (C=O) groups is 1. The first-order valence-corrected chi connectivity index (χ1v) is 9.11. The zero-order valence-corrected chi connectivity index (χ0v) is 15.8. The second-order valence-electron chi connectivity index (χ2n) is 6.29. The van der Waals surface area contributed by atoms with Crippen molar-refractivity contribution in [2.75, 3.05) is 0 Å². The van der Waals surface area contributed by atoms with Gasteiger partial charge in [-0.3, -0.25) is 14.2 Å². The van der Waals surface area contributed by atoms with E-state index in [-0.39, 0.29) is 18.0 Å². The molecule has 1 heterocycles. The number of benzene rings is 3. The van der Waals surface area contributed by atoms with Gasteiger partial charge in [0.05, 0.1) is 17.6 Å². The van der Waals surface area contributed by atoms with Gasteiger partial charge in [-0.1, -0.05) is 23.7 Å². The summed E-state index contributed by atoms with van der Waals surface area (Å²) in [7, 11) is 0. The summed E-state index contributed by atoms with van der Waals surface area (Å²) >= 11 is 5.87. The highest BCUT2D eigenvalue weighted by Gasteiger charge is 2.14. The minimum atomic E-state index is -0.408. The largest absolute Gasteiger partial charge is 0.425 e. The maximum atomic E-state index is 13.2. The standard InChI is InChI=1S/C22H14ClFN2O3/c23-15-7-5-14(6-8-15)19(27)13-26-21(28)18-3-1-2-4-20(18)29-22(26)25-17-11-9-16(24)10-12-17/h1-12H,13H2. The van der Waals surface area contributed by atoms with Crippen LogP contribution in [-0.2, 0) is 6.54 Å². The molecule has 0 aliphatic heterocycles. The fourth-order valence-corrected chi connectivity index (χ4v) is 2.96. The van der Waals surface area contributed by atoms with Gasteiger partial charge in [-0.25, -0.2) is 4.39 Å². The van der Waals surface area contributed by atoms with Crippen LogP contribution in [0.5, 0.6) is 0 Å². The van der Waals surface area contributed by atoms with E-state index >= 15 is 0 Å². The van der Waals surface area contributed by atoms with Crippen LogP contribution in [-0.4, -0.2) is 10.4 Å². The summed E-state index contributed by atoms with van der Waals surface area (Å²) in [6.07, 6.45) is 0. The first-order valence-electron chi connectivity index (χ1n) is 8.73. The van der Waals surface area contributed by atoms with E-state index in [1.165, 1.54) is 28.8 Å². The van der Waals surface area contributed by atoms with Gasteiger partial charge in [-0.15, -0.1) is 0 Å². The summed E-state index contributed by atoms with van der Waals surface area (Å²) in [5, 5.41) is 0.834. The van der Waals surface area contributed by atoms with Crippen molar-refractivity contribution < 1.29 is 13.6 Å². The predicted octanol–water partition coefficient (Wildman–Crippen LogP) is 4.50. The number of fused-ring (bicyclic) bond motifs is 1. The van der Waals surface area contributed by atoms with Crippen molar-refractivity contribution in [1.29, 1.82) is 0 Å². The van der Waals surface area contributed by atoms with Crippen LogP contribution in [0.15, 0.2) is 87.0 Å². The maximum Gasteiger partial charge on any atom is 0.305 e. The van der Waals surface area contributed by atoms with Crippen molar-refractivity contribution in [3.8, 4) is 0 Å². The molecule has 7 heteroatoms. The predicted molar refractivity (Wildman–Crippen MR) is 108 cm³/mol. The average molecular weight is 409 g/mol. The fraction of sp³-hybridized carbons (Fsp3) is 0.0455. The molecule has 29 heavy (non-hydrogen) atoms. The highest BCUT2D eigenvalue weighted by atomic mass is 35.5. The average Bonchev–Trinajstić information content (AvgIpc) is 2.73. The zero-order chi connectivity index (χ0) is 20.4. The third-order valence-electron chi connectivity index (χ3n) is 4.31. The molecule has 0 bridgehead atoms. The summed E-state index contributed by atoms with van der Waals surface area (Å²) in [6.45, 7) is -0.269. The van der Waals surface area contributed by atoms with E-state index in [4.69, 9.17) is 16.0 Å². The van der Waals surface area contributed by atoms with Gasteiger partial charge in [0, 0.05) is 10.6 Å². The van der Waals surface area contributed by atoms with Crippen LogP contribution in [0.1, 0.15) is 10.4 Å². The van der Waals surface area contributed by atoms with Crippen LogP contribution in [0.25, 0.3) is 11.0 Å². The van der Waals surface area contributed by atoms with E-state index < -0.39 is 11.4 Å². The molecule has 0 fully saturated rings. The molecule has 0 N–H and O–H groups in total. The third kappa shape index (κ3) is 4.02. The van der Waals surface area contributed by atoms with Crippen LogP contribution in [0.2, 0.25) is 5.02 Å². The number of ketones is 1. The summed E-state index contributed by atoms with van der Waals surface area (Å²) in [5.74, 6) is -0.709. The molecule has 5 nitrogen and oxygen atoms in total. The van der Waals surface area contributed by atoms with Gasteiger partial charge >= 0.3 is 5.68 Å². The highest BCUT2D eigenvalue weighted by molar-refractivity contribution is 6.30. The number of hydrogen-bond donors (Lipinski definition) is 0. The molecule has 0 radical (unpaired) electrons. The molecule has 0 aliphatic rings. The van der Waals surface area contributed by atoms with Crippen LogP contribution in [0.3, 0.4) is 0 Å². The zero-order valence-electron chi connectivity index (χ0n) is 15.0. The van der Waals surface area contributed by atoms with E-state index in [9.17, 15) is 14.0 Å². The van der Waals surface area contributed by atoms with E-state index in [0.717, 1.165) is 0 Å². The maximum absolute atomic E-state index is 13.2. The van der Waals surface area contributed by atoms with Crippen molar-refractivity contribution in [2.24, 2.45) is 4.99 Å². The molecule has 0 spiro atoms. The number of para-hydroxylation sites is 1. The van der Waals surface area contributed by atoms with Crippen molar-refractivity contribution >= 4 is 34.0 Å². The van der Waals surface area contributed by atoms with Crippen LogP contribution < -0.4 is 11.2 Å². The highest BCUT2D eigenvalue weighted by Crippen LogP contribution is 2.13. The minimum absolute atomic E-state index is 0.0531. The van der Waals surface area contributed by atoms with E-state index in [1.54, 1.807) is 48.5 Å². The van der Waals surface area contributed by atoms with Crippen LogP contribution >= 0.6 is 11.6 Å². The van der Waals surface area contributed by atoms with Gasteiger partial charge < -0.3 is 4.42 Å². The normalized spacial score (nSPS) is 11.7. The Morgan fingerprint density at radius 1 is 1.00 bits per heavy atom. The van der Waals surface area contributed by atoms with E-state index in [1.807, 2.05) is 0 Å². The van der Waals surface area contributed by atoms with Gasteiger partial charge in [0.2, 0.25) is 0 Å². The SMILES string of the molecule is O=C(Cn1c(=Nc2ccc(F)cc2)oc2ccccc2c1=O)c1ccc(Cl)cc1. The quantitative estimate of drug-likeness (QED) is 0.467. The Hall–Kier alpha value is -3.51. The molecule has 1 aromatic heterocycles. The van der Waals surface area contributed by atoms with Crippen molar-refractivity contribution in [3.05, 3.63) is 105 Å². The Labute approximate surface area is 169 Å². The second-order valence-corrected chi connectivity index (χ2v) is 6.73. The second kappa shape index (κ2) is 7.85. The number of halogens is 2. The smallest absolute Gasteiger partial charge is 0.305 e. The summed E-state index contributed by atoms with van der Waals surface area (Å²) in [6, 6.07) is 18.5. The summed E-state index contributed by atoms with van der Waals surface area (Å²) < 4.78 is 20.2. The number of nitrogens with zero attached hydrogens (tertiary/aromatic N) is 2. The fourth-order valence-electron chi connectivity index (χ4n) is 2.84. The lowest BCUT2D eigenvalue weighted by Gasteiger charge is -2.07. The minimum Gasteiger partial charge on any atom is -0.425 e. The number of rotatable bonds is 4.